The number of nitrogens with two attached hydrogens (primary N) is 1. The molecule has 0 saturated carbocycles. The van der Waals surface area contributed by atoms with Gasteiger partial charge in [0.05, 0.1) is 11.6 Å². The molecule has 0 amide bonds. The van der Waals surface area contributed by atoms with Crippen molar-refractivity contribution in [2.24, 2.45) is 0 Å². The number of hydrogen-bond donors (Lipinski definition) is 2. The Morgan fingerprint density at radius 1 is 1.19 bits per heavy atom. The van der Waals surface area contributed by atoms with E-state index in [2.05, 4.69) is 11.1 Å². The minimum Gasteiger partial charge on any atom is -0.398 e. The highest BCUT2D eigenvalue weighted by molar-refractivity contribution is 6.18. The zero-order chi connectivity index (χ0) is 15.0. The van der Waals surface area contributed by atoms with Crippen molar-refractivity contribution in [3.05, 3.63) is 64.8 Å². The lowest BCUT2D eigenvalue weighted by molar-refractivity contribution is 0.104. The summed E-state index contributed by atoms with van der Waals surface area (Å²) in [5.41, 5.74) is 9.53. The monoisotopic (exact) mass is 275 g/mol. The Bertz CT molecular complexity index is 900. The summed E-state index contributed by atoms with van der Waals surface area (Å²) in [5, 5.41) is 9.89. The van der Waals surface area contributed by atoms with Crippen LogP contribution in [-0.2, 0) is 0 Å². The van der Waals surface area contributed by atoms with Crippen molar-refractivity contribution in [1.29, 1.82) is 5.26 Å². The predicted molar refractivity (Wildman–Crippen MR) is 82.0 cm³/mol. The highest BCUT2D eigenvalue weighted by Gasteiger charge is 2.18. The summed E-state index contributed by atoms with van der Waals surface area (Å²) < 4.78 is 0. The van der Waals surface area contributed by atoms with Gasteiger partial charge in [0, 0.05) is 33.9 Å². The van der Waals surface area contributed by atoms with Crippen molar-refractivity contribution in [1.82, 2.24) is 4.98 Å². The molecule has 21 heavy (non-hydrogen) atoms. The number of anilines is 1. The molecule has 0 saturated heterocycles. The number of aromatic nitrogens is 1. The number of hydrogen-bond acceptors (Lipinski definition) is 3. The number of nitrogen functional groups attached to an aromatic ring is 1. The van der Waals surface area contributed by atoms with Gasteiger partial charge in [0.1, 0.15) is 0 Å². The Labute approximate surface area is 121 Å². The van der Waals surface area contributed by atoms with Crippen molar-refractivity contribution in [3.8, 4) is 6.07 Å². The molecule has 0 atom stereocenters. The molecule has 0 aliphatic carbocycles. The lowest BCUT2D eigenvalue weighted by Gasteiger charge is -2.07. The van der Waals surface area contributed by atoms with Crippen molar-refractivity contribution < 1.29 is 4.79 Å². The quantitative estimate of drug-likeness (QED) is 0.556. The van der Waals surface area contributed by atoms with E-state index in [0.717, 1.165) is 11.1 Å². The molecule has 1 heterocycles. The SMILES string of the molecule is Cc1c(N)cccc1C(=O)c1c[nH]c2cccc(C#N)c12. The molecule has 2 aromatic carbocycles. The minimum absolute atomic E-state index is 0.131. The normalized spacial score (nSPS) is 10.5. The van der Waals surface area contributed by atoms with Crippen LogP contribution >= 0.6 is 0 Å². The van der Waals surface area contributed by atoms with Crippen LogP contribution in [0.25, 0.3) is 10.9 Å². The number of ketones is 1. The average Bonchev–Trinajstić information content (AvgIpc) is 2.93. The highest BCUT2D eigenvalue weighted by Crippen LogP contribution is 2.26. The van der Waals surface area contributed by atoms with Crippen LogP contribution < -0.4 is 5.73 Å². The van der Waals surface area contributed by atoms with Gasteiger partial charge in [-0.15, -0.1) is 0 Å². The molecule has 3 aromatic rings. The summed E-state index contributed by atoms with van der Waals surface area (Å²) in [6.45, 7) is 1.82. The smallest absolute Gasteiger partial charge is 0.195 e. The van der Waals surface area contributed by atoms with Crippen LogP contribution in [0.3, 0.4) is 0 Å². The third-order valence-electron chi connectivity index (χ3n) is 3.69. The van der Waals surface area contributed by atoms with Crippen LogP contribution in [0.2, 0.25) is 0 Å². The van der Waals surface area contributed by atoms with Crippen LogP contribution in [0, 0.1) is 18.3 Å². The summed E-state index contributed by atoms with van der Waals surface area (Å²) >= 11 is 0. The Balaban J connectivity index is 2.24. The Hall–Kier alpha value is -3.06. The van der Waals surface area contributed by atoms with Gasteiger partial charge in [0.25, 0.3) is 0 Å². The molecule has 1 aromatic heterocycles. The number of carbonyl (C=O) groups is 1. The van der Waals surface area contributed by atoms with E-state index in [1.54, 1.807) is 36.5 Å². The Morgan fingerprint density at radius 3 is 2.71 bits per heavy atom. The zero-order valence-corrected chi connectivity index (χ0v) is 11.5. The van der Waals surface area contributed by atoms with E-state index < -0.39 is 0 Å². The minimum atomic E-state index is -0.131. The summed E-state index contributed by atoms with van der Waals surface area (Å²) in [6.07, 6.45) is 1.65. The molecule has 0 bridgehead atoms. The van der Waals surface area contributed by atoms with Gasteiger partial charge in [-0.3, -0.25) is 4.79 Å². The second-order valence-corrected chi connectivity index (χ2v) is 4.89. The second kappa shape index (κ2) is 4.80. The Kier molecular flexibility index (Phi) is 2.96. The van der Waals surface area contributed by atoms with E-state index >= 15 is 0 Å². The van der Waals surface area contributed by atoms with Crippen LogP contribution in [0.5, 0.6) is 0 Å². The van der Waals surface area contributed by atoms with Crippen LogP contribution in [0.15, 0.2) is 42.6 Å². The zero-order valence-electron chi connectivity index (χ0n) is 11.5. The largest absolute Gasteiger partial charge is 0.398 e. The topological polar surface area (TPSA) is 82.7 Å². The number of rotatable bonds is 2. The Morgan fingerprint density at radius 2 is 1.95 bits per heavy atom. The van der Waals surface area contributed by atoms with E-state index in [-0.39, 0.29) is 5.78 Å². The van der Waals surface area contributed by atoms with Gasteiger partial charge in [-0.2, -0.15) is 5.26 Å². The summed E-state index contributed by atoms with van der Waals surface area (Å²) in [5.74, 6) is -0.131. The average molecular weight is 275 g/mol. The summed E-state index contributed by atoms with van der Waals surface area (Å²) in [4.78, 5) is 15.8. The lowest BCUT2D eigenvalue weighted by Crippen LogP contribution is -2.05. The van der Waals surface area contributed by atoms with Gasteiger partial charge >= 0.3 is 0 Å². The molecular formula is C17H13N3O. The number of benzene rings is 2. The van der Waals surface area contributed by atoms with Crippen molar-refractivity contribution in [3.63, 3.8) is 0 Å². The molecule has 4 heteroatoms. The van der Waals surface area contributed by atoms with Crippen LogP contribution in [0.4, 0.5) is 5.69 Å². The van der Waals surface area contributed by atoms with E-state index in [1.807, 2.05) is 13.0 Å². The number of nitriles is 1. The fraction of sp³-hybridized carbons (Fsp3) is 0.0588. The maximum absolute atomic E-state index is 12.8. The number of aromatic amines is 1. The number of carbonyl (C=O) groups excluding carboxylic acids is 1. The van der Waals surface area contributed by atoms with E-state index in [9.17, 15) is 10.1 Å². The van der Waals surface area contributed by atoms with Gasteiger partial charge in [-0.25, -0.2) is 0 Å². The number of nitrogens with zero attached hydrogens (tertiary/aromatic N) is 1. The molecule has 0 spiro atoms. The molecule has 3 rings (SSSR count). The fourth-order valence-corrected chi connectivity index (χ4v) is 2.50. The number of H-pyrrole nitrogens is 1. The molecular weight excluding hydrogens is 262 g/mol. The van der Waals surface area contributed by atoms with Crippen molar-refractivity contribution in [2.75, 3.05) is 5.73 Å². The third kappa shape index (κ3) is 1.96. The number of fused-ring (bicyclic) bond motifs is 1. The molecule has 0 fully saturated rings. The van der Waals surface area contributed by atoms with Gasteiger partial charge in [0.2, 0.25) is 0 Å². The van der Waals surface area contributed by atoms with Crippen LogP contribution in [0.1, 0.15) is 27.0 Å². The van der Waals surface area contributed by atoms with E-state index in [1.165, 1.54) is 0 Å². The maximum Gasteiger partial charge on any atom is 0.195 e. The molecule has 0 unspecified atom stereocenters. The highest BCUT2D eigenvalue weighted by atomic mass is 16.1. The molecule has 3 N–H and O–H groups in total. The summed E-state index contributed by atoms with van der Waals surface area (Å²) in [6, 6.07) is 12.8. The van der Waals surface area contributed by atoms with E-state index in [0.29, 0.717) is 27.8 Å². The molecule has 0 radical (unpaired) electrons. The first-order chi connectivity index (χ1) is 10.1. The standard InChI is InChI=1S/C17H13N3O/c1-10-12(5-3-6-14(10)19)17(21)13-9-20-15-7-2-4-11(8-18)16(13)15/h2-7,9,20H,19H2,1H3. The predicted octanol–water partition coefficient (Wildman–Crippen LogP) is 3.16. The third-order valence-corrected chi connectivity index (χ3v) is 3.69. The second-order valence-electron chi connectivity index (χ2n) is 4.89. The maximum atomic E-state index is 12.8. The van der Waals surface area contributed by atoms with Gasteiger partial charge in [-0.1, -0.05) is 18.2 Å². The first kappa shape index (κ1) is 12.9. The molecule has 0 aliphatic rings. The number of nitrogens with one attached hydrogen (secondary N) is 1. The van der Waals surface area contributed by atoms with Gasteiger partial charge < -0.3 is 10.7 Å². The van der Waals surface area contributed by atoms with Crippen molar-refractivity contribution >= 4 is 22.4 Å². The fourth-order valence-electron chi connectivity index (χ4n) is 2.50. The molecule has 102 valence electrons. The molecule has 4 nitrogen and oxygen atoms in total. The first-order valence-corrected chi connectivity index (χ1v) is 6.53. The van der Waals surface area contributed by atoms with Crippen molar-refractivity contribution in [2.45, 2.75) is 6.92 Å². The van der Waals surface area contributed by atoms with Crippen LogP contribution in [-0.4, -0.2) is 10.8 Å². The molecule has 0 aliphatic heterocycles. The lowest BCUT2D eigenvalue weighted by atomic mass is 9.96. The van der Waals surface area contributed by atoms with Gasteiger partial charge in [0.15, 0.2) is 5.78 Å². The summed E-state index contributed by atoms with van der Waals surface area (Å²) in [7, 11) is 0. The van der Waals surface area contributed by atoms with Gasteiger partial charge in [-0.05, 0) is 30.7 Å². The van der Waals surface area contributed by atoms with E-state index in [4.69, 9.17) is 5.73 Å². The first-order valence-electron chi connectivity index (χ1n) is 6.53.